The molecule has 0 bridgehead atoms. The fraction of sp³-hybridized carbons (Fsp3) is 0.100. The number of imidazole rings is 1. The average molecular weight is 395 g/mol. The molecule has 4 aromatic rings. The molecule has 2 aromatic carbocycles. The first-order valence-electron chi connectivity index (χ1n) is 8.50. The number of hydrogen-bond acceptors (Lipinski definition) is 4. The Balaban J connectivity index is 2.05. The molecule has 8 heteroatoms. The van der Waals surface area contributed by atoms with Crippen LogP contribution in [0, 0.1) is 0 Å². The summed E-state index contributed by atoms with van der Waals surface area (Å²) in [5.41, 5.74) is 0.0239. The molecule has 7 nitrogen and oxygen atoms in total. The van der Waals surface area contributed by atoms with Gasteiger partial charge >= 0.3 is 5.69 Å². The number of aromatic amines is 1. The number of nitrogens with zero attached hydrogens (tertiary/aromatic N) is 3. The van der Waals surface area contributed by atoms with Gasteiger partial charge in [-0.25, -0.2) is 4.79 Å². The molecule has 0 fully saturated rings. The van der Waals surface area contributed by atoms with Crippen molar-refractivity contribution in [3.8, 4) is 0 Å². The number of aryl methyl sites for hydroxylation is 1. The lowest BCUT2D eigenvalue weighted by molar-refractivity contribution is 0.0947. The number of ketones is 1. The van der Waals surface area contributed by atoms with Gasteiger partial charge in [0.15, 0.2) is 16.9 Å². The molecule has 28 heavy (non-hydrogen) atoms. The summed E-state index contributed by atoms with van der Waals surface area (Å²) in [7, 11) is 1.48. The average Bonchev–Trinajstić information content (AvgIpc) is 3.05. The maximum absolute atomic E-state index is 13.4. The van der Waals surface area contributed by atoms with Crippen LogP contribution in [-0.2, 0) is 7.05 Å². The maximum Gasteiger partial charge on any atom is 0.329 e. The van der Waals surface area contributed by atoms with Gasteiger partial charge in [0.05, 0.1) is 0 Å². The van der Waals surface area contributed by atoms with Crippen molar-refractivity contribution in [2.24, 2.45) is 7.05 Å². The Bertz CT molecular complexity index is 1290. The van der Waals surface area contributed by atoms with Crippen molar-refractivity contribution < 1.29 is 4.79 Å². The van der Waals surface area contributed by atoms with E-state index in [4.69, 9.17) is 11.6 Å². The Kier molecular flexibility index (Phi) is 4.44. The molecular weight excluding hydrogens is 380 g/mol. The molecule has 1 N–H and O–H groups in total. The Morgan fingerprint density at radius 2 is 1.64 bits per heavy atom. The second kappa shape index (κ2) is 6.94. The Morgan fingerprint density at radius 1 is 1.04 bits per heavy atom. The van der Waals surface area contributed by atoms with E-state index in [9.17, 15) is 14.4 Å². The van der Waals surface area contributed by atoms with Gasteiger partial charge in [-0.2, -0.15) is 4.98 Å². The minimum Gasteiger partial charge on any atom is -0.293 e. The van der Waals surface area contributed by atoms with Gasteiger partial charge in [0.1, 0.15) is 6.04 Å². The number of nitrogens with one attached hydrogen (secondary N) is 1. The number of fused-ring (bicyclic) bond motifs is 1. The first-order chi connectivity index (χ1) is 13.5. The van der Waals surface area contributed by atoms with E-state index in [-0.39, 0.29) is 22.2 Å². The van der Waals surface area contributed by atoms with E-state index in [0.717, 1.165) is 0 Å². The van der Waals surface area contributed by atoms with Crippen molar-refractivity contribution in [3.05, 3.63) is 97.9 Å². The van der Waals surface area contributed by atoms with Crippen LogP contribution in [0.1, 0.15) is 22.0 Å². The van der Waals surface area contributed by atoms with E-state index < -0.39 is 17.3 Å². The van der Waals surface area contributed by atoms with Gasteiger partial charge in [-0.05, 0) is 17.2 Å². The zero-order valence-electron chi connectivity index (χ0n) is 14.8. The third-order valence-electron chi connectivity index (χ3n) is 4.59. The van der Waals surface area contributed by atoms with Crippen LogP contribution in [0.2, 0.25) is 5.28 Å². The molecule has 4 rings (SSSR count). The van der Waals surface area contributed by atoms with E-state index in [1.165, 1.54) is 16.2 Å². The molecule has 0 aliphatic carbocycles. The highest BCUT2D eigenvalue weighted by molar-refractivity contribution is 6.29. The highest BCUT2D eigenvalue weighted by Crippen LogP contribution is 2.29. The first kappa shape index (κ1) is 17.9. The molecule has 140 valence electrons. The Hall–Kier alpha value is -3.45. The minimum absolute atomic E-state index is 0.0557. The lowest BCUT2D eigenvalue weighted by atomic mass is 9.97. The highest BCUT2D eigenvalue weighted by atomic mass is 35.5. The van der Waals surface area contributed by atoms with E-state index in [1.54, 1.807) is 48.5 Å². The topological polar surface area (TPSA) is 89.8 Å². The van der Waals surface area contributed by atoms with Gasteiger partial charge in [0, 0.05) is 12.6 Å². The number of hydrogen-bond donors (Lipinski definition) is 1. The summed E-state index contributed by atoms with van der Waals surface area (Å²) >= 11 is 6.37. The monoisotopic (exact) mass is 394 g/mol. The summed E-state index contributed by atoms with van der Waals surface area (Å²) in [6.45, 7) is 0. The van der Waals surface area contributed by atoms with E-state index in [2.05, 4.69) is 9.97 Å². The zero-order chi connectivity index (χ0) is 19.8. The molecular formula is C20H15ClN4O3. The molecule has 0 saturated heterocycles. The van der Waals surface area contributed by atoms with Crippen LogP contribution in [0.15, 0.2) is 70.3 Å². The number of carbonyl (C=O) groups is 1. The van der Waals surface area contributed by atoms with Gasteiger partial charge in [0.2, 0.25) is 5.28 Å². The van der Waals surface area contributed by atoms with Crippen LogP contribution in [-0.4, -0.2) is 24.9 Å². The Morgan fingerprint density at radius 3 is 2.29 bits per heavy atom. The highest BCUT2D eigenvalue weighted by Gasteiger charge is 2.29. The van der Waals surface area contributed by atoms with Gasteiger partial charge in [-0.3, -0.25) is 23.7 Å². The standard InChI is InChI=1S/C20H15ClN4O3/c1-24-17-15(18(27)23-20(24)28)25(19(21)22-17)14(12-8-4-2-5-9-12)16(26)13-10-6-3-7-11-13/h2-11,14H,1H3,(H,23,27,28). The molecule has 1 unspecified atom stereocenters. The van der Waals surface area contributed by atoms with Crippen molar-refractivity contribution in [2.75, 3.05) is 0 Å². The third kappa shape index (κ3) is 2.86. The van der Waals surface area contributed by atoms with Crippen molar-refractivity contribution in [2.45, 2.75) is 6.04 Å². The molecule has 0 aliphatic heterocycles. The van der Waals surface area contributed by atoms with Crippen LogP contribution in [0.25, 0.3) is 11.2 Å². The summed E-state index contributed by atoms with van der Waals surface area (Å²) in [5.74, 6) is -0.249. The van der Waals surface area contributed by atoms with Gasteiger partial charge in [-0.1, -0.05) is 60.7 Å². The lowest BCUT2D eigenvalue weighted by Gasteiger charge is -2.19. The smallest absolute Gasteiger partial charge is 0.293 e. The van der Waals surface area contributed by atoms with Crippen LogP contribution in [0.4, 0.5) is 0 Å². The number of carbonyl (C=O) groups excluding carboxylic acids is 1. The fourth-order valence-electron chi connectivity index (χ4n) is 3.22. The van der Waals surface area contributed by atoms with Crippen molar-refractivity contribution in [1.29, 1.82) is 0 Å². The number of benzene rings is 2. The summed E-state index contributed by atoms with van der Waals surface area (Å²) in [4.78, 5) is 44.3. The van der Waals surface area contributed by atoms with Crippen molar-refractivity contribution in [3.63, 3.8) is 0 Å². The van der Waals surface area contributed by atoms with Gasteiger partial charge in [-0.15, -0.1) is 0 Å². The van der Waals surface area contributed by atoms with E-state index in [1.807, 2.05) is 12.1 Å². The number of halogens is 1. The summed E-state index contributed by atoms with van der Waals surface area (Å²) in [6.07, 6.45) is 0. The number of rotatable bonds is 4. The van der Waals surface area contributed by atoms with Crippen LogP contribution >= 0.6 is 11.6 Å². The molecule has 2 aromatic heterocycles. The minimum atomic E-state index is -0.917. The molecule has 0 aliphatic rings. The first-order valence-corrected chi connectivity index (χ1v) is 8.88. The zero-order valence-corrected chi connectivity index (χ0v) is 15.6. The van der Waals surface area contributed by atoms with Crippen LogP contribution in [0.5, 0.6) is 0 Å². The second-order valence-electron chi connectivity index (χ2n) is 6.28. The summed E-state index contributed by atoms with van der Waals surface area (Å²) in [6, 6.07) is 16.8. The summed E-state index contributed by atoms with van der Waals surface area (Å²) in [5, 5.41) is -0.0557. The third-order valence-corrected chi connectivity index (χ3v) is 4.85. The maximum atomic E-state index is 13.4. The SMILES string of the molecule is Cn1c(=O)[nH]c(=O)c2c1nc(Cl)n2C(C(=O)c1ccccc1)c1ccccc1. The summed E-state index contributed by atoms with van der Waals surface area (Å²) < 4.78 is 2.56. The number of H-pyrrole nitrogens is 1. The predicted molar refractivity (Wildman–Crippen MR) is 106 cm³/mol. The molecule has 0 amide bonds. The van der Waals surface area contributed by atoms with E-state index >= 15 is 0 Å². The predicted octanol–water partition coefficient (Wildman–Crippen LogP) is 2.55. The van der Waals surface area contributed by atoms with Crippen LogP contribution < -0.4 is 11.2 Å². The number of Topliss-reactive ketones (excluding diaryl/α,β-unsaturated/α-hetero) is 1. The second-order valence-corrected chi connectivity index (χ2v) is 6.62. The quantitative estimate of drug-likeness (QED) is 0.425. The molecule has 0 saturated carbocycles. The normalized spacial score (nSPS) is 12.2. The fourth-order valence-corrected chi connectivity index (χ4v) is 3.49. The van der Waals surface area contributed by atoms with Gasteiger partial charge < -0.3 is 0 Å². The molecule has 2 heterocycles. The van der Waals surface area contributed by atoms with E-state index in [0.29, 0.717) is 11.1 Å². The Labute approximate surface area is 163 Å². The van der Waals surface area contributed by atoms with Crippen molar-refractivity contribution in [1.82, 2.24) is 19.1 Å². The molecule has 0 radical (unpaired) electrons. The molecule has 0 spiro atoms. The lowest BCUT2D eigenvalue weighted by Crippen LogP contribution is -2.31. The number of aromatic nitrogens is 4. The molecule has 1 atom stereocenters. The van der Waals surface area contributed by atoms with Crippen molar-refractivity contribution >= 4 is 28.5 Å². The largest absolute Gasteiger partial charge is 0.329 e. The van der Waals surface area contributed by atoms with Gasteiger partial charge in [0.25, 0.3) is 5.56 Å². The van der Waals surface area contributed by atoms with Crippen LogP contribution in [0.3, 0.4) is 0 Å².